The van der Waals surface area contributed by atoms with Crippen LogP contribution in [-0.4, -0.2) is 32.9 Å². The van der Waals surface area contributed by atoms with E-state index in [0.29, 0.717) is 34.9 Å². The first-order chi connectivity index (χ1) is 8.17. The highest BCUT2D eigenvalue weighted by Crippen LogP contribution is 2.44. The van der Waals surface area contributed by atoms with E-state index in [-0.39, 0.29) is 0 Å². The third kappa shape index (κ3) is 2.69. The Hall–Kier alpha value is -2.17. The second-order valence-electron chi connectivity index (χ2n) is 3.20. The molecule has 1 aromatic carbocycles. The quantitative estimate of drug-likeness (QED) is 0.580. The molecular weight excluding hydrogens is 220 g/mol. The van der Waals surface area contributed by atoms with Crippen molar-refractivity contribution in [1.29, 1.82) is 0 Å². The summed E-state index contributed by atoms with van der Waals surface area (Å²) < 4.78 is 10.3. The Morgan fingerprint density at radius 1 is 1.24 bits per heavy atom. The summed E-state index contributed by atoms with van der Waals surface area (Å²) in [5.41, 5.74) is 1.21. The number of rotatable bonds is 5. The topological polar surface area (TPSA) is 60.2 Å². The fourth-order valence-electron chi connectivity index (χ4n) is 1.34. The second-order valence-corrected chi connectivity index (χ2v) is 3.20. The largest absolute Gasteiger partial charge is 0.494 e. The molecule has 0 unspecified atom stereocenters. The molecule has 0 aliphatic rings. The molecule has 0 aliphatic heterocycles. The minimum atomic E-state index is 0.321. The van der Waals surface area contributed by atoms with Gasteiger partial charge in [0.1, 0.15) is 22.9 Å². The Bertz CT molecular complexity index is 467. The van der Waals surface area contributed by atoms with Crippen LogP contribution in [0.25, 0.3) is 0 Å². The first-order valence-electron chi connectivity index (χ1n) is 4.90. The summed E-state index contributed by atoms with van der Waals surface area (Å²) in [6, 6.07) is 3.41. The van der Waals surface area contributed by atoms with Crippen molar-refractivity contribution in [2.24, 2.45) is 9.98 Å². The molecule has 0 heterocycles. The van der Waals surface area contributed by atoms with Crippen LogP contribution in [0.3, 0.4) is 0 Å². The molecule has 90 valence electrons. The Kier molecular flexibility index (Phi) is 4.39. The van der Waals surface area contributed by atoms with Gasteiger partial charge in [-0.2, -0.15) is 0 Å². The number of carbonyl (C=O) groups excluding carboxylic acids is 1. The molecule has 1 aromatic rings. The van der Waals surface area contributed by atoms with Gasteiger partial charge in [0.2, 0.25) is 0 Å². The van der Waals surface area contributed by atoms with Crippen molar-refractivity contribution in [3.8, 4) is 11.5 Å². The number of ether oxygens (including phenoxy) is 2. The SMILES string of the molecule is C=Nc1c(OC)ccc(OC)c1N=C(C)C=O. The van der Waals surface area contributed by atoms with Gasteiger partial charge < -0.3 is 9.47 Å². The fourth-order valence-corrected chi connectivity index (χ4v) is 1.34. The third-order valence-electron chi connectivity index (χ3n) is 2.13. The first-order valence-corrected chi connectivity index (χ1v) is 4.90. The maximum Gasteiger partial charge on any atom is 0.163 e. The molecular formula is C12H14N2O3. The monoisotopic (exact) mass is 234 g/mol. The van der Waals surface area contributed by atoms with Crippen molar-refractivity contribution in [3.63, 3.8) is 0 Å². The smallest absolute Gasteiger partial charge is 0.163 e. The minimum Gasteiger partial charge on any atom is -0.494 e. The Labute approximate surface area is 99.8 Å². The number of hydrogen-bond donors (Lipinski definition) is 0. The van der Waals surface area contributed by atoms with E-state index in [9.17, 15) is 4.79 Å². The number of benzene rings is 1. The van der Waals surface area contributed by atoms with E-state index in [0.717, 1.165) is 0 Å². The number of methoxy groups -OCH3 is 2. The number of hydrogen-bond acceptors (Lipinski definition) is 5. The minimum absolute atomic E-state index is 0.321. The molecule has 5 nitrogen and oxygen atoms in total. The van der Waals surface area contributed by atoms with Crippen LogP contribution in [0, 0.1) is 0 Å². The van der Waals surface area contributed by atoms with E-state index in [4.69, 9.17) is 9.47 Å². The highest BCUT2D eigenvalue weighted by molar-refractivity contribution is 6.28. The fraction of sp³-hybridized carbons (Fsp3) is 0.250. The summed E-state index contributed by atoms with van der Waals surface area (Å²) >= 11 is 0. The molecule has 0 saturated carbocycles. The van der Waals surface area contributed by atoms with Crippen LogP contribution in [0.5, 0.6) is 11.5 Å². The predicted molar refractivity (Wildman–Crippen MR) is 67.6 cm³/mol. The molecule has 5 heteroatoms. The van der Waals surface area contributed by atoms with Gasteiger partial charge in [0.15, 0.2) is 6.29 Å². The van der Waals surface area contributed by atoms with Gasteiger partial charge in [-0.25, -0.2) is 4.99 Å². The molecule has 0 bridgehead atoms. The van der Waals surface area contributed by atoms with Crippen LogP contribution in [0.1, 0.15) is 6.92 Å². The van der Waals surface area contributed by atoms with E-state index in [1.165, 1.54) is 14.2 Å². The molecule has 0 saturated heterocycles. The van der Waals surface area contributed by atoms with Crippen molar-refractivity contribution in [2.45, 2.75) is 6.92 Å². The van der Waals surface area contributed by atoms with Crippen molar-refractivity contribution >= 4 is 30.1 Å². The lowest BCUT2D eigenvalue weighted by Gasteiger charge is -2.11. The van der Waals surface area contributed by atoms with E-state index >= 15 is 0 Å². The summed E-state index contributed by atoms with van der Waals surface area (Å²) in [5.74, 6) is 1.03. The standard InChI is InChI=1S/C12H14N2O3/c1-8(7-15)14-12-10(17-4)6-5-9(16-3)11(12)13-2/h5-7H,2H2,1,3-4H3. The van der Waals surface area contributed by atoms with Gasteiger partial charge >= 0.3 is 0 Å². The summed E-state index contributed by atoms with van der Waals surface area (Å²) in [6.45, 7) is 5.06. The lowest BCUT2D eigenvalue weighted by Crippen LogP contribution is -1.93. The average molecular weight is 234 g/mol. The average Bonchev–Trinajstić information content (AvgIpc) is 2.37. The van der Waals surface area contributed by atoms with Crippen molar-refractivity contribution < 1.29 is 14.3 Å². The van der Waals surface area contributed by atoms with Gasteiger partial charge in [-0.05, 0) is 25.8 Å². The van der Waals surface area contributed by atoms with Crippen molar-refractivity contribution in [2.75, 3.05) is 14.2 Å². The molecule has 0 amide bonds. The molecule has 0 N–H and O–H groups in total. The lowest BCUT2D eigenvalue weighted by atomic mass is 10.2. The van der Waals surface area contributed by atoms with Crippen LogP contribution in [-0.2, 0) is 4.79 Å². The van der Waals surface area contributed by atoms with Gasteiger partial charge in [0.25, 0.3) is 0 Å². The number of aldehydes is 1. The Morgan fingerprint density at radius 2 is 1.76 bits per heavy atom. The van der Waals surface area contributed by atoms with Gasteiger partial charge in [0, 0.05) is 0 Å². The summed E-state index contributed by atoms with van der Waals surface area (Å²) in [7, 11) is 3.04. The third-order valence-corrected chi connectivity index (χ3v) is 2.13. The van der Waals surface area contributed by atoms with Crippen LogP contribution >= 0.6 is 0 Å². The maximum atomic E-state index is 10.6. The molecule has 0 fully saturated rings. The summed E-state index contributed by atoms with van der Waals surface area (Å²) in [5, 5.41) is 0. The normalized spacial score (nSPS) is 10.9. The zero-order chi connectivity index (χ0) is 12.8. The molecule has 0 atom stereocenters. The predicted octanol–water partition coefficient (Wildman–Crippen LogP) is 2.33. The van der Waals surface area contributed by atoms with Gasteiger partial charge in [-0.3, -0.25) is 9.79 Å². The van der Waals surface area contributed by atoms with Gasteiger partial charge in [-0.1, -0.05) is 0 Å². The summed E-state index contributed by atoms with van der Waals surface area (Å²) in [4.78, 5) is 18.6. The van der Waals surface area contributed by atoms with Crippen LogP contribution in [0.4, 0.5) is 11.4 Å². The maximum absolute atomic E-state index is 10.6. The highest BCUT2D eigenvalue weighted by atomic mass is 16.5. The first kappa shape index (κ1) is 12.9. The van der Waals surface area contributed by atoms with Crippen LogP contribution in [0.2, 0.25) is 0 Å². The Balaban J connectivity index is 3.50. The second kappa shape index (κ2) is 5.79. The zero-order valence-electron chi connectivity index (χ0n) is 10.1. The zero-order valence-corrected chi connectivity index (χ0v) is 10.1. The van der Waals surface area contributed by atoms with Crippen LogP contribution < -0.4 is 9.47 Å². The van der Waals surface area contributed by atoms with E-state index in [1.807, 2.05) is 0 Å². The molecule has 0 aromatic heterocycles. The van der Waals surface area contributed by atoms with Crippen molar-refractivity contribution in [3.05, 3.63) is 12.1 Å². The lowest BCUT2D eigenvalue weighted by molar-refractivity contribution is -0.102. The molecule has 17 heavy (non-hydrogen) atoms. The molecule has 1 rings (SSSR count). The van der Waals surface area contributed by atoms with E-state index < -0.39 is 0 Å². The number of aliphatic imine (C=N–C) groups is 2. The van der Waals surface area contributed by atoms with E-state index in [1.54, 1.807) is 19.1 Å². The molecule has 0 aliphatic carbocycles. The number of carbonyl (C=O) groups is 1. The van der Waals surface area contributed by atoms with E-state index in [2.05, 4.69) is 16.7 Å². The molecule has 0 radical (unpaired) electrons. The van der Waals surface area contributed by atoms with Crippen molar-refractivity contribution in [1.82, 2.24) is 0 Å². The Morgan fingerprint density at radius 3 is 2.18 bits per heavy atom. The van der Waals surface area contributed by atoms with Gasteiger partial charge in [-0.15, -0.1) is 0 Å². The molecule has 0 spiro atoms. The van der Waals surface area contributed by atoms with Gasteiger partial charge in [0.05, 0.1) is 19.9 Å². The highest BCUT2D eigenvalue weighted by Gasteiger charge is 2.13. The van der Waals surface area contributed by atoms with Crippen LogP contribution in [0.15, 0.2) is 22.1 Å². The number of nitrogens with zero attached hydrogens (tertiary/aromatic N) is 2. The summed E-state index contributed by atoms with van der Waals surface area (Å²) in [6.07, 6.45) is 0.659.